The number of rotatable bonds is 3. The quantitative estimate of drug-likeness (QED) is 0.832. The molecule has 1 aromatic carbocycles. The van der Waals surface area contributed by atoms with Crippen LogP contribution in [-0.2, 0) is 6.42 Å². The molecule has 0 spiro atoms. The van der Waals surface area contributed by atoms with Gasteiger partial charge >= 0.3 is 0 Å². The number of benzene rings is 1. The summed E-state index contributed by atoms with van der Waals surface area (Å²) in [4.78, 5) is 0. The van der Waals surface area contributed by atoms with Crippen molar-refractivity contribution in [1.82, 2.24) is 5.32 Å². The fourth-order valence-electron chi connectivity index (χ4n) is 2.85. The van der Waals surface area contributed by atoms with E-state index in [1.165, 1.54) is 17.5 Å². The molecule has 1 fully saturated rings. The third-order valence-corrected chi connectivity index (χ3v) is 3.89. The van der Waals surface area contributed by atoms with E-state index in [0.717, 1.165) is 44.2 Å². The Morgan fingerprint density at radius 3 is 3.24 bits per heavy atom. The number of nitrogens with two attached hydrogens (primary N) is 1. The Kier molecular flexibility index (Phi) is 3.04. The number of ether oxygens (including phenoxy) is 1. The molecule has 17 heavy (non-hydrogen) atoms. The van der Waals surface area contributed by atoms with E-state index < -0.39 is 0 Å². The topological polar surface area (TPSA) is 47.3 Å². The molecular weight excluding hydrogens is 212 g/mol. The van der Waals surface area contributed by atoms with Crippen LogP contribution in [0.25, 0.3) is 0 Å². The second-order valence-electron chi connectivity index (χ2n) is 5.17. The van der Waals surface area contributed by atoms with Crippen molar-refractivity contribution in [3.05, 3.63) is 29.3 Å². The van der Waals surface area contributed by atoms with Gasteiger partial charge in [-0.3, -0.25) is 0 Å². The first-order chi connectivity index (χ1) is 8.33. The molecule has 0 bridgehead atoms. The summed E-state index contributed by atoms with van der Waals surface area (Å²) in [5.41, 5.74) is 8.89. The Morgan fingerprint density at radius 2 is 2.41 bits per heavy atom. The fraction of sp³-hybridized carbons (Fsp3) is 0.571. The molecule has 2 unspecified atom stereocenters. The largest absolute Gasteiger partial charge is 0.493 e. The van der Waals surface area contributed by atoms with E-state index in [1.54, 1.807) is 0 Å². The van der Waals surface area contributed by atoms with Gasteiger partial charge in [-0.2, -0.15) is 0 Å². The summed E-state index contributed by atoms with van der Waals surface area (Å²) in [5, 5.41) is 3.40. The van der Waals surface area contributed by atoms with Crippen LogP contribution in [0, 0.1) is 5.92 Å². The van der Waals surface area contributed by atoms with E-state index in [4.69, 9.17) is 10.5 Å². The summed E-state index contributed by atoms with van der Waals surface area (Å²) in [6.45, 7) is 3.09. The summed E-state index contributed by atoms with van der Waals surface area (Å²) in [7, 11) is 0. The van der Waals surface area contributed by atoms with Gasteiger partial charge < -0.3 is 15.8 Å². The first-order valence-electron chi connectivity index (χ1n) is 6.55. The van der Waals surface area contributed by atoms with Crippen molar-refractivity contribution in [2.75, 3.05) is 19.7 Å². The summed E-state index contributed by atoms with van der Waals surface area (Å²) in [6, 6.07) is 6.60. The molecule has 3 nitrogen and oxygen atoms in total. The minimum absolute atomic E-state index is 0.172. The van der Waals surface area contributed by atoms with Gasteiger partial charge in [0.1, 0.15) is 5.75 Å². The Morgan fingerprint density at radius 1 is 1.47 bits per heavy atom. The van der Waals surface area contributed by atoms with Crippen molar-refractivity contribution < 1.29 is 4.74 Å². The van der Waals surface area contributed by atoms with Gasteiger partial charge in [-0.1, -0.05) is 12.1 Å². The highest BCUT2D eigenvalue weighted by Crippen LogP contribution is 2.30. The van der Waals surface area contributed by atoms with E-state index in [9.17, 15) is 0 Å². The zero-order valence-corrected chi connectivity index (χ0v) is 10.1. The zero-order valence-electron chi connectivity index (χ0n) is 10.1. The molecule has 1 saturated heterocycles. The van der Waals surface area contributed by atoms with Crippen LogP contribution in [0.5, 0.6) is 5.75 Å². The Balaban J connectivity index is 1.70. The fourth-order valence-corrected chi connectivity index (χ4v) is 2.85. The number of hydrogen-bond acceptors (Lipinski definition) is 3. The van der Waals surface area contributed by atoms with Gasteiger partial charge in [-0.15, -0.1) is 0 Å². The Hall–Kier alpha value is -1.06. The lowest BCUT2D eigenvalue weighted by atomic mass is 9.93. The normalized spacial score (nSPS) is 24.4. The van der Waals surface area contributed by atoms with Crippen LogP contribution in [0.3, 0.4) is 0 Å². The highest BCUT2D eigenvalue weighted by atomic mass is 16.5. The predicted octanol–water partition coefficient (Wildman–Crippen LogP) is 1.62. The van der Waals surface area contributed by atoms with Crippen LogP contribution in [0.2, 0.25) is 0 Å². The van der Waals surface area contributed by atoms with E-state index in [1.807, 2.05) is 0 Å². The highest BCUT2D eigenvalue weighted by molar-refractivity contribution is 5.40. The molecule has 3 heteroatoms. The lowest BCUT2D eigenvalue weighted by molar-refractivity contribution is 0.356. The van der Waals surface area contributed by atoms with Gasteiger partial charge in [0.15, 0.2) is 0 Å². The summed E-state index contributed by atoms with van der Waals surface area (Å²) in [5.74, 6) is 1.79. The number of fused-ring (bicyclic) bond motifs is 1. The Labute approximate surface area is 102 Å². The third kappa shape index (κ3) is 2.31. The zero-order chi connectivity index (χ0) is 11.7. The molecule has 2 aliphatic heterocycles. The third-order valence-electron chi connectivity index (χ3n) is 3.89. The van der Waals surface area contributed by atoms with Crippen molar-refractivity contribution in [3.8, 4) is 5.75 Å². The average Bonchev–Trinajstić information content (AvgIpc) is 2.97. The maximum Gasteiger partial charge on any atom is 0.122 e. The second kappa shape index (κ2) is 4.67. The lowest BCUT2D eigenvalue weighted by Gasteiger charge is -2.16. The summed E-state index contributed by atoms with van der Waals surface area (Å²) in [6.07, 6.45) is 3.38. The number of hydrogen-bond donors (Lipinski definition) is 2. The van der Waals surface area contributed by atoms with Gasteiger partial charge in [0.2, 0.25) is 0 Å². The molecule has 0 amide bonds. The monoisotopic (exact) mass is 232 g/mol. The van der Waals surface area contributed by atoms with Crippen molar-refractivity contribution in [2.24, 2.45) is 11.7 Å². The van der Waals surface area contributed by atoms with Gasteiger partial charge in [0, 0.05) is 12.5 Å². The maximum atomic E-state index is 6.30. The van der Waals surface area contributed by atoms with E-state index in [2.05, 4.69) is 23.5 Å². The van der Waals surface area contributed by atoms with Crippen LogP contribution in [0.4, 0.5) is 0 Å². The lowest BCUT2D eigenvalue weighted by Crippen LogP contribution is -2.17. The minimum Gasteiger partial charge on any atom is -0.493 e. The molecule has 92 valence electrons. The van der Waals surface area contributed by atoms with Crippen molar-refractivity contribution in [3.63, 3.8) is 0 Å². The highest BCUT2D eigenvalue weighted by Gasteiger charge is 2.20. The molecule has 2 heterocycles. The first kappa shape index (κ1) is 11.1. The molecule has 0 aromatic heterocycles. The van der Waals surface area contributed by atoms with E-state index in [0.29, 0.717) is 0 Å². The summed E-state index contributed by atoms with van der Waals surface area (Å²) >= 11 is 0. The molecule has 2 aliphatic rings. The molecule has 0 saturated carbocycles. The minimum atomic E-state index is 0.172. The van der Waals surface area contributed by atoms with Crippen LogP contribution in [-0.4, -0.2) is 19.7 Å². The number of nitrogens with one attached hydrogen (secondary N) is 1. The Bertz CT molecular complexity index is 399. The smallest absolute Gasteiger partial charge is 0.122 e. The van der Waals surface area contributed by atoms with Gasteiger partial charge in [-0.05, 0) is 49.0 Å². The molecule has 2 atom stereocenters. The standard InChI is InChI=1S/C14H20N2O/c15-13(7-10-3-5-16-9-10)11-1-2-14-12(8-11)4-6-17-14/h1-2,8,10,13,16H,3-7,9,15H2. The first-order valence-corrected chi connectivity index (χ1v) is 6.55. The average molecular weight is 232 g/mol. The van der Waals surface area contributed by atoms with Crippen LogP contribution in [0.15, 0.2) is 18.2 Å². The van der Waals surface area contributed by atoms with Crippen molar-refractivity contribution >= 4 is 0 Å². The molecule has 3 rings (SSSR count). The molecule has 3 N–H and O–H groups in total. The SMILES string of the molecule is NC(CC1CCNC1)c1ccc2c(c1)CCO2. The second-order valence-corrected chi connectivity index (χ2v) is 5.17. The van der Waals surface area contributed by atoms with Crippen molar-refractivity contribution in [2.45, 2.75) is 25.3 Å². The van der Waals surface area contributed by atoms with Crippen LogP contribution >= 0.6 is 0 Å². The molecule has 0 aliphatic carbocycles. The van der Waals surface area contributed by atoms with Crippen LogP contribution < -0.4 is 15.8 Å². The van der Waals surface area contributed by atoms with Gasteiger partial charge in [-0.25, -0.2) is 0 Å². The predicted molar refractivity (Wildman–Crippen MR) is 68.2 cm³/mol. The van der Waals surface area contributed by atoms with Crippen LogP contribution in [0.1, 0.15) is 30.0 Å². The molecule has 0 radical (unpaired) electrons. The van der Waals surface area contributed by atoms with Gasteiger partial charge in [0.25, 0.3) is 0 Å². The molecule has 1 aromatic rings. The van der Waals surface area contributed by atoms with Crippen molar-refractivity contribution in [1.29, 1.82) is 0 Å². The maximum absolute atomic E-state index is 6.30. The van der Waals surface area contributed by atoms with E-state index >= 15 is 0 Å². The molecular formula is C14H20N2O. The van der Waals surface area contributed by atoms with E-state index in [-0.39, 0.29) is 6.04 Å². The van der Waals surface area contributed by atoms with Gasteiger partial charge in [0.05, 0.1) is 6.61 Å². The summed E-state index contributed by atoms with van der Waals surface area (Å²) < 4.78 is 5.52.